The van der Waals surface area contributed by atoms with Gasteiger partial charge in [0, 0.05) is 6.07 Å². The van der Waals surface area contributed by atoms with Crippen LogP contribution in [0, 0.1) is 13.8 Å². The molecule has 0 amide bonds. The highest BCUT2D eigenvalue weighted by Crippen LogP contribution is 2.28. The van der Waals surface area contributed by atoms with Gasteiger partial charge in [-0.05, 0) is 36.6 Å². The molecule has 2 nitrogen and oxygen atoms in total. The average Bonchev–Trinajstić information content (AvgIpc) is 2.28. The lowest BCUT2D eigenvalue weighted by Crippen LogP contribution is -1.91. The Labute approximate surface area is 106 Å². The van der Waals surface area contributed by atoms with Crippen molar-refractivity contribution < 1.29 is 4.74 Å². The van der Waals surface area contributed by atoms with Gasteiger partial charge in [-0.3, -0.25) is 0 Å². The summed E-state index contributed by atoms with van der Waals surface area (Å²) in [5.74, 6) is 0.535. The molecule has 0 aliphatic rings. The first kappa shape index (κ1) is 11.9. The molecule has 88 valence electrons. The van der Waals surface area contributed by atoms with E-state index in [1.165, 1.54) is 11.1 Å². The van der Waals surface area contributed by atoms with Gasteiger partial charge < -0.3 is 4.74 Å². The van der Waals surface area contributed by atoms with Crippen molar-refractivity contribution in [3.8, 4) is 17.0 Å². The standard InChI is InChI=1S/C14H14ClNO/c1-9-4-5-12(10(2)6-9)11-7-13(15)16-14(8-11)17-3/h4-8H,1-3H3. The normalized spacial score (nSPS) is 10.4. The fourth-order valence-corrected chi connectivity index (χ4v) is 2.07. The van der Waals surface area contributed by atoms with Gasteiger partial charge in [0.15, 0.2) is 0 Å². The number of pyridine rings is 1. The molecule has 0 aliphatic heterocycles. The van der Waals surface area contributed by atoms with E-state index in [1.54, 1.807) is 7.11 Å². The molecule has 0 atom stereocenters. The quantitative estimate of drug-likeness (QED) is 0.748. The van der Waals surface area contributed by atoms with Gasteiger partial charge in [-0.1, -0.05) is 35.4 Å². The summed E-state index contributed by atoms with van der Waals surface area (Å²) in [7, 11) is 1.59. The molecule has 1 aromatic carbocycles. The number of nitrogens with zero attached hydrogens (tertiary/aromatic N) is 1. The third kappa shape index (κ3) is 2.59. The van der Waals surface area contributed by atoms with Gasteiger partial charge in [-0.2, -0.15) is 0 Å². The van der Waals surface area contributed by atoms with Gasteiger partial charge in [0.05, 0.1) is 7.11 Å². The van der Waals surface area contributed by atoms with E-state index in [0.29, 0.717) is 11.0 Å². The molecule has 2 aromatic rings. The number of hydrogen-bond donors (Lipinski definition) is 0. The van der Waals surface area contributed by atoms with Gasteiger partial charge in [-0.15, -0.1) is 0 Å². The minimum absolute atomic E-state index is 0.444. The maximum absolute atomic E-state index is 5.97. The fourth-order valence-electron chi connectivity index (χ4n) is 1.87. The molecule has 17 heavy (non-hydrogen) atoms. The number of benzene rings is 1. The summed E-state index contributed by atoms with van der Waals surface area (Å²) < 4.78 is 5.13. The fraction of sp³-hybridized carbons (Fsp3) is 0.214. The smallest absolute Gasteiger partial charge is 0.214 e. The van der Waals surface area contributed by atoms with Crippen molar-refractivity contribution in [2.45, 2.75) is 13.8 Å². The van der Waals surface area contributed by atoms with Crippen LogP contribution in [0.2, 0.25) is 5.15 Å². The van der Waals surface area contributed by atoms with E-state index in [9.17, 15) is 0 Å². The van der Waals surface area contributed by atoms with Crippen LogP contribution in [0.3, 0.4) is 0 Å². The monoisotopic (exact) mass is 247 g/mol. The number of hydrogen-bond acceptors (Lipinski definition) is 2. The van der Waals surface area contributed by atoms with Crippen LogP contribution in [-0.2, 0) is 0 Å². The highest BCUT2D eigenvalue weighted by atomic mass is 35.5. The predicted octanol–water partition coefficient (Wildman–Crippen LogP) is 4.03. The first-order valence-corrected chi connectivity index (χ1v) is 5.77. The molecule has 0 unspecified atom stereocenters. The van der Waals surface area contributed by atoms with E-state index in [0.717, 1.165) is 11.1 Å². The number of rotatable bonds is 2. The summed E-state index contributed by atoms with van der Waals surface area (Å²) in [6.45, 7) is 4.17. The average molecular weight is 248 g/mol. The van der Waals surface area contributed by atoms with Crippen LogP contribution in [0.5, 0.6) is 5.88 Å². The maximum atomic E-state index is 5.97. The Hall–Kier alpha value is -1.54. The Morgan fingerprint density at radius 2 is 1.88 bits per heavy atom. The van der Waals surface area contributed by atoms with Crippen LogP contribution in [0.4, 0.5) is 0 Å². The lowest BCUT2D eigenvalue weighted by atomic mass is 10.00. The van der Waals surface area contributed by atoms with Crippen molar-refractivity contribution in [2.75, 3.05) is 7.11 Å². The second kappa shape index (κ2) is 4.76. The highest BCUT2D eigenvalue weighted by Gasteiger charge is 2.06. The number of halogens is 1. The molecule has 1 aromatic heterocycles. The topological polar surface area (TPSA) is 22.1 Å². The second-order valence-corrected chi connectivity index (χ2v) is 4.43. The summed E-state index contributed by atoms with van der Waals surface area (Å²) in [6, 6.07) is 10.1. The first-order valence-electron chi connectivity index (χ1n) is 5.39. The summed E-state index contributed by atoms with van der Waals surface area (Å²) >= 11 is 5.97. The third-order valence-electron chi connectivity index (χ3n) is 2.67. The van der Waals surface area contributed by atoms with Crippen LogP contribution in [0.25, 0.3) is 11.1 Å². The molecule has 3 heteroatoms. The molecular formula is C14H14ClNO. The van der Waals surface area contributed by atoms with Crippen LogP contribution in [0.15, 0.2) is 30.3 Å². The van der Waals surface area contributed by atoms with Crippen molar-refractivity contribution in [1.29, 1.82) is 0 Å². The lowest BCUT2D eigenvalue weighted by molar-refractivity contribution is 0.398. The second-order valence-electron chi connectivity index (χ2n) is 4.04. The Kier molecular flexibility index (Phi) is 3.34. The summed E-state index contributed by atoms with van der Waals surface area (Å²) in [5.41, 5.74) is 4.64. The van der Waals surface area contributed by atoms with E-state index in [4.69, 9.17) is 16.3 Å². The SMILES string of the molecule is COc1cc(-c2ccc(C)cc2C)cc(Cl)n1. The largest absolute Gasteiger partial charge is 0.481 e. The van der Waals surface area contributed by atoms with Gasteiger partial charge in [0.25, 0.3) is 0 Å². The molecule has 0 radical (unpaired) electrons. The van der Waals surface area contributed by atoms with E-state index in [1.807, 2.05) is 12.1 Å². The van der Waals surface area contributed by atoms with E-state index >= 15 is 0 Å². The number of ether oxygens (including phenoxy) is 1. The molecule has 0 fully saturated rings. The zero-order valence-electron chi connectivity index (χ0n) is 10.1. The molecule has 0 bridgehead atoms. The summed E-state index contributed by atoms with van der Waals surface area (Å²) in [4.78, 5) is 4.07. The molecule has 2 rings (SSSR count). The molecule has 0 saturated carbocycles. The summed E-state index contributed by atoms with van der Waals surface area (Å²) in [6.07, 6.45) is 0. The number of aryl methyl sites for hydroxylation is 2. The highest BCUT2D eigenvalue weighted by molar-refractivity contribution is 6.29. The van der Waals surface area contributed by atoms with Crippen molar-refractivity contribution >= 4 is 11.6 Å². The van der Waals surface area contributed by atoms with Crippen molar-refractivity contribution in [3.05, 3.63) is 46.6 Å². The van der Waals surface area contributed by atoms with Crippen LogP contribution < -0.4 is 4.74 Å². The van der Waals surface area contributed by atoms with Crippen LogP contribution >= 0.6 is 11.6 Å². The van der Waals surface area contributed by atoms with Gasteiger partial charge in [0.1, 0.15) is 5.15 Å². The minimum Gasteiger partial charge on any atom is -0.481 e. The molecule has 1 heterocycles. The van der Waals surface area contributed by atoms with E-state index in [-0.39, 0.29) is 0 Å². The van der Waals surface area contributed by atoms with E-state index in [2.05, 4.69) is 37.0 Å². The van der Waals surface area contributed by atoms with Gasteiger partial charge in [0.2, 0.25) is 5.88 Å². The molecule has 0 saturated heterocycles. The van der Waals surface area contributed by atoms with Crippen molar-refractivity contribution in [3.63, 3.8) is 0 Å². The molecule has 0 N–H and O–H groups in total. The van der Waals surface area contributed by atoms with Gasteiger partial charge >= 0.3 is 0 Å². The summed E-state index contributed by atoms with van der Waals surface area (Å²) in [5, 5.41) is 0.444. The Morgan fingerprint density at radius 1 is 1.12 bits per heavy atom. The van der Waals surface area contributed by atoms with E-state index < -0.39 is 0 Å². The van der Waals surface area contributed by atoms with Crippen molar-refractivity contribution in [2.24, 2.45) is 0 Å². The zero-order valence-corrected chi connectivity index (χ0v) is 10.9. The first-order chi connectivity index (χ1) is 8.10. The Bertz CT molecular complexity index is 552. The molecule has 0 aliphatic carbocycles. The minimum atomic E-state index is 0.444. The zero-order chi connectivity index (χ0) is 12.4. The number of methoxy groups -OCH3 is 1. The van der Waals surface area contributed by atoms with Gasteiger partial charge in [-0.25, -0.2) is 4.98 Å². The number of aromatic nitrogens is 1. The van der Waals surface area contributed by atoms with Crippen LogP contribution in [0.1, 0.15) is 11.1 Å². The lowest BCUT2D eigenvalue weighted by Gasteiger charge is -2.09. The molecular weight excluding hydrogens is 234 g/mol. The Morgan fingerprint density at radius 3 is 2.53 bits per heavy atom. The third-order valence-corrected chi connectivity index (χ3v) is 2.87. The molecule has 0 spiro atoms. The predicted molar refractivity (Wildman–Crippen MR) is 70.7 cm³/mol. The van der Waals surface area contributed by atoms with Crippen molar-refractivity contribution in [1.82, 2.24) is 4.98 Å². The van der Waals surface area contributed by atoms with Crippen LogP contribution in [-0.4, -0.2) is 12.1 Å². The maximum Gasteiger partial charge on any atom is 0.214 e. The Balaban J connectivity index is 2.55.